The molecule has 7 nitrogen and oxygen atoms in total. The minimum Gasteiger partial charge on any atom is -0.464 e. The van der Waals surface area contributed by atoms with Gasteiger partial charge in [-0.05, 0) is 79.9 Å². The van der Waals surface area contributed by atoms with Crippen molar-refractivity contribution in [2.45, 2.75) is 64.3 Å². The van der Waals surface area contributed by atoms with Gasteiger partial charge in [0.1, 0.15) is 11.3 Å². The summed E-state index contributed by atoms with van der Waals surface area (Å²) in [6, 6.07) is 7.43. The van der Waals surface area contributed by atoms with Crippen LogP contribution in [0.4, 0.5) is 5.69 Å². The van der Waals surface area contributed by atoms with Crippen LogP contribution in [0.15, 0.2) is 24.3 Å². The Bertz CT molecular complexity index is 1180. The molecule has 0 saturated heterocycles. The lowest BCUT2D eigenvalue weighted by Gasteiger charge is -2.61. The Morgan fingerprint density at radius 3 is 2.33 bits per heavy atom. The van der Waals surface area contributed by atoms with Crippen LogP contribution < -0.4 is 4.90 Å². The first kappa shape index (κ1) is 20.6. The van der Waals surface area contributed by atoms with Crippen molar-refractivity contribution in [3.8, 4) is 0 Å². The van der Waals surface area contributed by atoms with Gasteiger partial charge in [-0.2, -0.15) is 5.10 Å². The molecule has 0 unspecified atom stereocenters. The number of hydrogen-bond donors (Lipinski definition) is 0. The lowest BCUT2D eigenvalue weighted by molar-refractivity contribution is -0.0978. The molecule has 1 aromatic carbocycles. The molecule has 0 spiro atoms. The second-order valence-electron chi connectivity index (χ2n) is 10.9. The summed E-state index contributed by atoms with van der Waals surface area (Å²) in [7, 11) is 1.28. The molecule has 2 aromatic rings. The van der Waals surface area contributed by atoms with Crippen molar-refractivity contribution in [3.63, 3.8) is 0 Å². The van der Waals surface area contributed by atoms with Crippen molar-refractivity contribution in [1.29, 1.82) is 0 Å². The fourth-order valence-corrected chi connectivity index (χ4v) is 7.74. The van der Waals surface area contributed by atoms with Crippen LogP contribution in [0.25, 0.3) is 0 Å². The van der Waals surface area contributed by atoms with Crippen molar-refractivity contribution in [1.82, 2.24) is 9.78 Å². The number of fused-ring (bicyclic) bond motifs is 1. The fraction of sp³-hybridized carbons (Fsp3) is 0.538. The van der Waals surface area contributed by atoms with E-state index in [1.54, 1.807) is 16.8 Å². The molecule has 0 N–H and O–H groups in total. The Morgan fingerprint density at radius 1 is 1.09 bits per heavy atom. The average molecular weight is 448 g/mol. The molecule has 5 aliphatic rings. The van der Waals surface area contributed by atoms with Gasteiger partial charge in [0, 0.05) is 0 Å². The van der Waals surface area contributed by atoms with E-state index in [0.717, 1.165) is 31.2 Å². The van der Waals surface area contributed by atoms with Crippen LogP contribution in [0.3, 0.4) is 0 Å². The SMILES string of the molecule is CCc1ccc(N2C(=O)c3c(C(=O)OC)nn(C45C[C@@H]6C[C@H](CC(C)(C6)C4)C5)c3C2=O)cc1. The van der Waals surface area contributed by atoms with Crippen molar-refractivity contribution < 1.29 is 19.1 Å². The molecule has 172 valence electrons. The molecular weight excluding hydrogens is 418 g/mol. The molecule has 4 fully saturated rings. The van der Waals surface area contributed by atoms with Gasteiger partial charge < -0.3 is 4.74 Å². The second-order valence-corrected chi connectivity index (χ2v) is 10.9. The van der Waals surface area contributed by atoms with Gasteiger partial charge in [0.25, 0.3) is 11.8 Å². The minimum atomic E-state index is -0.676. The van der Waals surface area contributed by atoms with Gasteiger partial charge in [-0.25, -0.2) is 9.69 Å². The van der Waals surface area contributed by atoms with E-state index < -0.39 is 17.8 Å². The van der Waals surface area contributed by atoms with E-state index in [2.05, 4.69) is 18.9 Å². The first-order valence-electron chi connectivity index (χ1n) is 12.0. The number of aryl methyl sites for hydroxylation is 1. The summed E-state index contributed by atoms with van der Waals surface area (Å²) in [5.74, 6) is -0.375. The summed E-state index contributed by atoms with van der Waals surface area (Å²) < 4.78 is 6.75. The van der Waals surface area contributed by atoms with Crippen molar-refractivity contribution in [2.24, 2.45) is 17.3 Å². The second kappa shape index (κ2) is 6.78. The highest BCUT2D eigenvalue weighted by molar-refractivity contribution is 6.35. The van der Waals surface area contributed by atoms with Gasteiger partial charge >= 0.3 is 5.97 Å². The molecule has 2 amide bonds. The Labute approximate surface area is 193 Å². The van der Waals surface area contributed by atoms with Gasteiger partial charge in [0.15, 0.2) is 5.69 Å². The maximum atomic E-state index is 13.8. The Kier molecular flexibility index (Phi) is 4.24. The zero-order valence-corrected chi connectivity index (χ0v) is 19.4. The summed E-state index contributed by atoms with van der Waals surface area (Å²) in [5.41, 5.74) is 1.83. The third-order valence-electron chi connectivity index (χ3n) is 8.46. The highest BCUT2D eigenvalue weighted by Gasteiger charge is 2.59. The molecule has 1 aromatic heterocycles. The van der Waals surface area contributed by atoms with Gasteiger partial charge in [0.2, 0.25) is 0 Å². The number of carbonyl (C=O) groups excluding carboxylic acids is 3. The largest absolute Gasteiger partial charge is 0.464 e. The number of hydrogen-bond acceptors (Lipinski definition) is 5. The summed E-state index contributed by atoms with van der Waals surface area (Å²) in [4.78, 5) is 41.2. The van der Waals surface area contributed by atoms with Crippen LogP contribution in [0.2, 0.25) is 0 Å². The molecule has 4 bridgehead atoms. The van der Waals surface area contributed by atoms with E-state index in [9.17, 15) is 14.4 Å². The van der Waals surface area contributed by atoms with E-state index in [0.29, 0.717) is 17.5 Å². The van der Waals surface area contributed by atoms with Crippen LogP contribution in [0, 0.1) is 17.3 Å². The van der Waals surface area contributed by atoms with Gasteiger partial charge in [-0.1, -0.05) is 26.0 Å². The van der Waals surface area contributed by atoms with Crippen molar-refractivity contribution in [3.05, 3.63) is 46.8 Å². The molecule has 33 heavy (non-hydrogen) atoms. The third kappa shape index (κ3) is 2.80. The van der Waals surface area contributed by atoms with Crippen LogP contribution in [0.5, 0.6) is 0 Å². The van der Waals surface area contributed by atoms with E-state index in [1.807, 2.05) is 12.1 Å². The lowest BCUT2D eigenvalue weighted by Crippen LogP contribution is -2.56. The van der Waals surface area contributed by atoms with Crippen LogP contribution in [-0.4, -0.2) is 34.7 Å². The number of ether oxygens (including phenoxy) is 1. The zero-order chi connectivity index (χ0) is 23.1. The van der Waals surface area contributed by atoms with E-state index >= 15 is 0 Å². The monoisotopic (exact) mass is 447 g/mol. The number of carbonyl (C=O) groups is 3. The van der Waals surface area contributed by atoms with Gasteiger partial charge in [-0.15, -0.1) is 0 Å². The normalized spacial score (nSPS) is 31.9. The molecule has 7 rings (SSSR count). The molecule has 2 atom stereocenters. The number of amides is 2. The number of aromatic nitrogens is 2. The van der Waals surface area contributed by atoms with Gasteiger partial charge in [0.05, 0.1) is 18.3 Å². The predicted octanol–water partition coefficient (Wildman–Crippen LogP) is 4.35. The maximum Gasteiger partial charge on any atom is 0.359 e. The number of benzene rings is 1. The van der Waals surface area contributed by atoms with Crippen LogP contribution in [-0.2, 0) is 16.7 Å². The summed E-state index contributed by atoms with van der Waals surface area (Å²) >= 11 is 0. The molecule has 4 aliphatic carbocycles. The Balaban J connectivity index is 1.50. The number of rotatable bonds is 4. The average Bonchev–Trinajstić information content (AvgIpc) is 3.29. The fourth-order valence-electron chi connectivity index (χ4n) is 7.74. The number of anilines is 1. The molecule has 1 aliphatic heterocycles. The highest BCUT2D eigenvalue weighted by Crippen LogP contribution is 2.64. The van der Waals surface area contributed by atoms with E-state index in [1.165, 1.54) is 31.3 Å². The van der Waals surface area contributed by atoms with E-state index in [4.69, 9.17) is 4.74 Å². The number of imide groups is 1. The number of esters is 1. The Morgan fingerprint density at radius 2 is 1.76 bits per heavy atom. The summed E-state index contributed by atoms with van der Waals surface area (Å²) in [6.07, 6.45) is 7.33. The van der Waals surface area contributed by atoms with Gasteiger partial charge in [-0.3, -0.25) is 14.3 Å². The third-order valence-corrected chi connectivity index (χ3v) is 8.46. The zero-order valence-electron chi connectivity index (χ0n) is 19.4. The summed E-state index contributed by atoms with van der Waals surface area (Å²) in [5, 5.41) is 4.65. The number of nitrogens with zero attached hydrogens (tertiary/aromatic N) is 3. The van der Waals surface area contributed by atoms with Crippen molar-refractivity contribution in [2.75, 3.05) is 12.0 Å². The molecule has 0 radical (unpaired) electrons. The highest BCUT2D eigenvalue weighted by atomic mass is 16.5. The smallest absolute Gasteiger partial charge is 0.359 e. The van der Waals surface area contributed by atoms with Crippen molar-refractivity contribution >= 4 is 23.5 Å². The first-order valence-corrected chi connectivity index (χ1v) is 12.0. The Hall–Kier alpha value is -2.96. The van der Waals surface area contributed by atoms with Crippen LogP contribution in [0.1, 0.15) is 89.3 Å². The lowest BCUT2D eigenvalue weighted by atomic mass is 9.47. The van der Waals surface area contributed by atoms with E-state index in [-0.39, 0.29) is 27.9 Å². The molecule has 2 heterocycles. The number of methoxy groups -OCH3 is 1. The maximum absolute atomic E-state index is 13.8. The molecule has 4 saturated carbocycles. The minimum absolute atomic E-state index is 0.0422. The topological polar surface area (TPSA) is 81.5 Å². The first-order chi connectivity index (χ1) is 15.8. The standard InChI is InChI=1S/C26H29N3O4/c1-4-15-5-7-18(8-6-15)28-22(30)19-20(24(32)33-3)27-29(21(19)23(28)31)26-12-16-9-17(13-26)11-25(2,10-16)14-26/h5-8,16-17H,4,9-14H2,1-3H3/t16-,17-,25?,26?/m1/s1. The molecular formula is C26H29N3O4. The predicted molar refractivity (Wildman–Crippen MR) is 121 cm³/mol. The molecule has 7 heteroatoms. The quantitative estimate of drug-likeness (QED) is 0.514. The summed E-state index contributed by atoms with van der Waals surface area (Å²) in [6.45, 7) is 4.40. The van der Waals surface area contributed by atoms with Crippen LogP contribution >= 0.6 is 0 Å².